The maximum atomic E-state index is 11.7. The summed E-state index contributed by atoms with van der Waals surface area (Å²) in [5, 5.41) is 19.7. The first-order valence-electron chi connectivity index (χ1n) is 5.70. The molecule has 0 radical (unpaired) electrons. The Labute approximate surface area is 105 Å². The predicted molar refractivity (Wildman–Crippen MR) is 62.6 cm³/mol. The van der Waals surface area contributed by atoms with E-state index in [0.717, 1.165) is 6.42 Å². The number of hydrogen-bond donors (Lipinski definition) is 3. The molecule has 1 fully saturated rings. The summed E-state index contributed by atoms with van der Waals surface area (Å²) in [6.45, 7) is 3.87. The van der Waals surface area contributed by atoms with Crippen LogP contribution < -0.4 is 5.32 Å². The van der Waals surface area contributed by atoms with Crippen LogP contribution in [0, 0.1) is 11.3 Å². The molecule has 6 nitrogen and oxygen atoms in total. The van der Waals surface area contributed by atoms with E-state index in [1.54, 1.807) is 0 Å². The monoisotopic (exact) mass is 255 g/mol. The molecule has 3 N–H and O–H groups in total. The number of carboxylic acids is 2. The van der Waals surface area contributed by atoms with Crippen LogP contribution in [-0.2, 0) is 14.4 Å². The Hall–Kier alpha value is -1.85. The Morgan fingerprint density at radius 2 is 1.89 bits per heavy atom. The summed E-state index contributed by atoms with van der Waals surface area (Å²) in [6, 6.07) is 0. The third-order valence-corrected chi connectivity index (χ3v) is 3.02. The Bertz CT molecular complexity index is 411. The van der Waals surface area contributed by atoms with Crippen molar-refractivity contribution >= 4 is 17.8 Å². The van der Waals surface area contributed by atoms with Crippen LogP contribution in [0.25, 0.3) is 0 Å². The van der Waals surface area contributed by atoms with Gasteiger partial charge in [0.25, 0.3) is 0 Å². The summed E-state index contributed by atoms with van der Waals surface area (Å²) in [6.07, 6.45) is 1.87. The zero-order valence-electron chi connectivity index (χ0n) is 10.4. The summed E-state index contributed by atoms with van der Waals surface area (Å²) in [5.41, 5.74) is -0.321. The van der Waals surface area contributed by atoms with Gasteiger partial charge in [0.15, 0.2) is 0 Å². The number of aliphatic carboxylic acids is 2. The van der Waals surface area contributed by atoms with E-state index in [0.29, 0.717) is 0 Å². The lowest BCUT2D eigenvalue weighted by Gasteiger charge is -2.07. The second kappa shape index (κ2) is 5.20. The van der Waals surface area contributed by atoms with Gasteiger partial charge in [-0.25, -0.2) is 4.79 Å². The molecule has 1 atom stereocenters. The van der Waals surface area contributed by atoms with Crippen molar-refractivity contribution in [1.82, 2.24) is 5.32 Å². The lowest BCUT2D eigenvalue weighted by atomic mass is 10.1. The molecule has 1 rings (SSSR count). The van der Waals surface area contributed by atoms with E-state index in [4.69, 9.17) is 10.2 Å². The van der Waals surface area contributed by atoms with Crippen molar-refractivity contribution in [1.29, 1.82) is 0 Å². The number of carboxylic acid groups (broad SMARTS) is 2. The first-order valence-corrected chi connectivity index (χ1v) is 5.70. The van der Waals surface area contributed by atoms with Crippen LogP contribution in [0.15, 0.2) is 11.8 Å². The highest BCUT2D eigenvalue weighted by Crippen LogP contribution is 2.51. The minimum Gasteiger partial charge on any atom is -0.481 e. The van der Waals surface area contributed by atoms with E-state index in [2.05, 4.69) is 5.32 Å². The molecular weight excluding hydrogens is 238 g/mol. The van der Waals surface area contributed by atoms with Crippen molar-refractivity contribution in [2.45, 2.75) is 33.1 Å². The van der Waals surface area contributed by atoms with Crippen LogP contribution >= 0.6 is 0 Å². The van der Waals surface area contributed by atoms with Gasteiger partial charge in [-0.05, 0) is 18.3 Å². The molecule has 1 aliphatic rings. The number of amides is 1. The van der Waals surface area contributed by atoms with E-state index in [-0.39, 0.29) is 35.8 Å². The highest BCUT2D eigenvalue weighted by molar-refractivity contribution is 5.94. The molecular formula is C12H17NO5. The molecule has 0 aliphatic heterocycles. The van der Waals surface area contributed by atoms with E-state index in [9.17, 15) is 14.4 Å². The van der Waals surface area contributed by atoms with Crippen molar-refractivity contribution in [3.05, 3.63) is 11.8 Å². The molecule has 0 spiro atoms. The lowest BCUT2D eigenvalue weighted by molar-refractivity contribution is -0.137. The van der Waals surface area contributed by atoms with Gasteiger partial charge in [0.05, 0.1) is 0 Å². The van der Waals surface area contributed by atoms with Crippen LogP contribution in [0.3, 0.4) is 0 Å². The van der Waals surface area contributed by atoms with Crippen LogP contribution in [0.5, 0.6) is 0 Å². The van der Waals surface area contributed by atoms with Crippen LogP contribution in [0.1, 0.15) is 33.1 Å². The average Bonchev–Trinajstić information content (AvgIpc) is 2.85. The summed E-state index contributed by atoms with van der Waals surface area (Å²) in [4.78, 5) is 32.9. The Morgan fingerprint density at radius 1 is 1.33 bits per heavy atom. The molecule has 6 heteroatoms. The molecule has 0 heterocycles. The Balaban J connectivity index is 2.56. The van der Waals surface area contributed by atoms with Gasteiger partial charge >= 0.3 is 11.9 Å². The second-order valence-corrected chi connectivity index (χ2v) is 5.09. The summed E-state index contributed by atoms with van der Waals surface area (Å²) in [5.74, 6) is -2.75. The van der Waals surface area contributed by atoms with Crippen LogP contribution in [0.2, 0.25) is 0 Å². The number of allylic oxidation sites excluding steroid dienone is 1. The van der Waals surface area contributed by atoms with Gasteiger partial charge in [-0.15, -0.1) is 0 Å². The van der Waals surface area contributed by atoms with Gasteiger partial charge in [0.1, 0.15) is 5.70 Å². The smallest absolute Gasteiger partial charge is 0.352 e. The van der Waals surface area contributed by atoms with E-state index >= 15 is 0 Å². The van der Waals surface area contributed by atoms with Crippen molar-refractivity contribution in [3.63, 3.8) is 0 Å². The largest absolute Gasteiger partial charge is 0.481 e. The third kappa shape index (κ3) is 3.87. The number of carbonyl (C=O) groups is 3. The molecule has 0 saturated heterocycles. The normalized spacial score (nSPS) is 21.2. The van der Waals surface area contributed by atoms with Gasteiger partial charge in [-0.3, -0.25) is 9.59 Å². The van der Waals surface area contributed by atoms with Crippen LogP contribution in [-0.4, -0.2) is 28.1 Å². The van der Waals surface area contributed by atoms with Crippen molar-refractivity contribution in [3.8, 4) is 0 Å². The first-order chi connectivity index (χ1) is 8.24. The minimum absolute atomic E-state index is 0.0746. The highest BCUT2D eigenvalue weighted by atomic mass is 16.4. The maximum absolute atomic E-state index is 11.7. The predicted octanol–water partition coefficient (Wildman–Crippen LogP) is 0.982. The average molecular weight is 255 g/mol. The van der Waals surface area contributed by atoms with Gasteiger partial charge in [-0.2, -0.15) is 0 Å². The van der Waals surface area contributed by atoms with Crippen molar-refractivity contribution in [2.75, 3.05) is 0 Å². The van der Waals surface area contributed by atoms with E-state index < -0.39 is 11.9 Å². The number of rotatable bonds is 6. The number of carbonyl (C=O) groups excluding carboxylic acids is 1. The molecule has 0 bridgehead atoms. The third-order valence-electron chi connectivity index (χ3n) is 3.02. The van der Waals surface area contributed by atoms with Gasteiger partial charge < -0.3 is 15.5 Å². The zero-order valence-corrected chi connectivity index (χ0v) is 10.4. The quantitative estimate of drug-likeness (QED) is 0.614. The van der Waals surface area contributed by atoms with Crippen molar-refractivity contribution < 1.29 is 24.6 Å². The summed E-state index contributed by atoms with van der Waals surface area (Å²) in [7, 11) is 0. The molecule has 1 amide bonds. The highest BCUT2D eigenvalue weighted by Gasteiger charge is 2.50. The van der Waals surface area contributed by atoms with E-state index in [1.807, 2.05) is 13.8 Å². The fourth-order valence-corrected chi connectivity index (χ4v) is 1.67. The standard InChI is InChI=1S/C12H17NO5/c1-12(2)6-7(12)10(16)13-8(11(17)18)4-3-5-9(14)15/h4,7H,3,5-6H2,1-2H3,(H,13,16)(H,14,15)(H,17,18)/b8-4+. The Morgan fingerprint density at radius 3 is 2.28 bits per heavy atom. The van der Waals surface area contributed by atoms with Gasteiger partial charge in [0, 0.05) is 12.3 Å². The van der Waals surface area contributed by atoms with Crippen LogP contribution in [0.4, 0.5) is 0 Å². The fraction of sp³-hybridized carbons (Fsp3) is 0.583. The second-order valence-electron chi connectivity index (χ2n) is 5.09. The number of hydrogen-bond acceptors (Lipinski definition) is 3. The molecule has 1 aliphatic carbocycles. The molecule has 1 unspecified atom stereocenters. The summed E-state index contributed by atoms with van der Waals surface area (Å²) >= 11 is 0. The molecule has 0 aromatic carbocycles. The molecule has 1 saturated carbocycles. The molecule has 100 valence electrons. The Kier molecular flexibility index (Phi) is 4.11. The minimum atomic E-state index is -1.26. The van der Waals surface area contributed by atoms with Crippen molar-refractivity contribution in [2.24, 2.45) is 11.3 Å². The molecule has 18 heavy (non-hydrogen) atoms. The lowest BCUT2D eigenvalue weighted by Crippen LogP contribution is -2.29. The summed E-state index contributed by atoms with van der Waals surface area (Å²) < 4.78 is 0. The van der Waals surface area contributed by atoms with Gasteiger partial charge in [0.2, 0.25) is 5.91 Å². The van der Waals surface area contributed by atoms with E-state index in [1.165, 1.54) is 6.08 Å². The zero-order chi connectivity index (χ0) is 13.9. The molecule has 0 aromatic heterocycles. The topological polar surface area (TPSA) is 104 Å². The molecule has 0 aromatic rings. The maximum Gasteiger partial charge on any atom is 0.352 e. The fourth-order valence-electron chi connectivity index (χ4n) is 1.67. The van der Waals surface area contributed by atoms with Gasteiger partial charge in [-0.1, -0.05) is 19.9 Å². The SMILES string of the molecule is CC1(C)CC1C(=O)N/C(=C/CCC(=O)O)C(=O)O. The number of nitrogens with one attached hydrogen (secondary N) is 1. The first kappa shape index (κ1) is 14.2.